The molecule has 7 heteroatoms. The second-order valence-corrected chi connectivity index (χ2v) is 6.93. The van der Waals surface area contributed by atoms with Crippen molar-refractivity contribution in [1.82, 2.24) is 4.98 Å². The third-order valence-corrected chi connectivity index (χ3v) is 5.29. The van der Waals surface area contributed by atoms with Crippen LogP contribution in [0.2, 0.25) is 0 Å². The Labute approximate surface area is 163 Å². The number of pyridine rings is 1. The summed E-state index contributed by atoms with van der Waals surface area (Å²) in [6.07, 6.45) is 0. The summed E-state index contributed by atoms with van der Waals surface area (Å²) in [7, 11) is 0. The second-order valence-electron chi connectivity index (χ2n) is 6.93. The first kappa shape index (κ1) is 17.0. The summed E-state index contributed by atoms with van der Waals surface area (Å²) in [6, 6.07) is 16.1. The number of ketones is 2. The largest absolute Gasteiger partial charge is 0.592 e. The molecule has 5 rings (SSSR count). The van der Waals surface area contributed by atoms with Gasteiger partial charge in [0, 0.05) is 28.6 Å². The van der Waals surface area contributed by atoms with E-state index in [4.69, 9.17) is 5.11 Å². The number of hydrogen-bond acceptors (Lipinski definition) is 5. The van der Waals surface area contributed by atoms with E-state index >= 15 is 0 Å². The molecule has 1 unspecified atom stereocenters. The Morgan fingerprint density at radius 2 is 1.59 bits per heavy atom. The van der Waals surface area contributed by atoms with Crippen molar-refractivity contribution in [3.8, 4) is 5.75 Å². The molecule has 2 N–H and O–H groups in total. The van der Waals surface area contributed by atoms with E-state index < -0.39 is 16.6 Å². The molecule has 1 aliphatic rings. The van der Waals surface area contributed by atoms with Gasteiger partial charge in [0.1, 0.15) is 5.92 Å². The Bertz CT molecular complexity index is 1390. The summed E-state index contributed by atoms with van der Waals surface area (Å²) in [5.41, 5.74) is 0.998. The molecular weight excluding hydrogens is 372 g/mol. The van der Waals surface area contributed by atoms with Crippen LogP contribution in [0.15, 0.2) is 60.7 Å². The predicted molar refractivity (Wildman–Crippen MR) is 107 cm³/mol. The maximum atomic E-state index is 13.1. The Morgan fingerprint density at radius 1 is 0.897 bits per heavy atom. The number of fused-ring (bicyclic) bond motifs is 3. The van der Waals surface area contributed by atoms with Crippen molar-refractivity contribution in [2.75, 3.05) is 0 Å². The molecule has 0 fully saturated rings. The molecule has 0 bridgehead atoms. The van der Waals surface area contributed by atoms with Crippen molar-refractivity contribution in [2.24, 2.45) is 0 Å². The second kappa shape index (κ2) is 5.93. The number of benzene rings is 3. The lowest BCUT2D eigenvalue weighted by molar-refractivity contribution is -0.383. The molecule has 0 amide bonds. The summed E-state index contributed by atoms with van der Waals surface area (Å²) in [4.78, 5) is 41.4. The van der Waals surface area contributed by atoms with Crippen molar-refractivity contribution in [2.45, 2.75) is 5.92 Å². The third-order valence-electron chi connectivity index (χ3n) is 5.29. The highest BCUT2D eigenvalue weighted by molar-refractivity contribution is 6.31. The van der Waals surface area contributed by atoms with E-state index in [1.54, 1.807) is 36.4 Å². The van der Waals surface area contributed by atoms with Crippen LogP contribution in [0.5, 0.6) is 5.75 Å². The number of non-ortho nitro benzene ring substituents is 1. The highest BCUT2D eigenvalue weighted by Gasteiger charge is 2.41. The summed E-state index contributed by atoms with van der Waals surface area (Å²) < 4.78 is 0. The van der Waals surface area contributed by atoms with E-state index in [0.717, 1.165) is 5.39 Å². The smallest absolute Gasteiger partial charge is 0.280 e. The zero-order valence-corrected chi connectivity index (χ0v) is 14.9. The van der Waals surface area contributed by atoms with Crippen LogP contribution in [0, 0.1) is 10.1 Å². The van der Waals surface area contributed by atoms with Gasteiger partial charge in [-0.3, -0.25) is 19.7 Å². The molecular formula is C22H13N2O5+. The van der Waals surface area contributed by atoms with Crippen LogP contribution in [0.25, 0.3) is 21.7 Å². The number of nitro benzene ring substituents is 1. The molecule has 3 aromatic carbocycles. The number of aromatic nitrogens is 1. The minimum absolute atomic E-state index is 0.114. The Balaban J connectivity index is 1.69. The fourth-order valence-corrected chi connectivity index (χ4v) is 3.90. The van der Waals surface area contributed by atoms with Gasteiger partial charge in [0.15, 0.2) is 17.1 Å². The number of rotatable bonds is 2. The lowest BCUT2D eigenvalue weighted by Gasteiger charge is -2.07. The standard InChI is InChI=1S/C22H12N2O5/c25-18-6-2-3-11-7-8-16(23-20(11)18)19-21(26)14-9-12-4-1-5-17(24(28)29)13(12)10-15(14)22(19)27/h1-10,19,25H/p+1. The Hall–Kier alpha value is -4.13. The van der Waals surface area contributed by atoms with Gasteiger partial charge in [0.05, 0.1) is 16.0 Å². The number of nitro groups is 1. The van der Waals surface area contributed by atoms with Crippen LogP contribution in [0.3, 0.4) is 0 Å². The molecule has 4 aromatic rings. The first-order chi connectivity index (χ1) is 14.0. The fourth-order valence-electron chi connectivity index (χ4n) is 3.90. The highest BCUT2D eigenvalue weighted by atomic mass is 16.6. The zero-order valence-electron chi connectivity index (χ0n) is 14.9. The van der Waals surface area contributed by atoms with Gasteiger partial charge in [0.2, 0.25) is 0 Å². The van der Waals surface area contributed by atoms with Gasteiger partial charge in [-0.25, -0.2) is 4.98 Å². The molecule has 140 valence electrons. The lowest BCUT2D eigenvalue weighted by atomic mass is 9.98. The Morgan fingerprint density at radius 3 is 2.34 bits per heavy atom. The molecule has 1 heterocycles. The normalized spacial score (nSPS) is 15.8. The van der Waals surface area contributed by atoms with E-state index in [1.165, 1.54) is 18.2 Å². The van der Waals surface area contributed by atoms with Gasteiger partial charge >= 0.3 is 0 Å². The van der Waals surface area contributed by atoms with E-state index in [1.807, 2.05) is 6.07 Å². The van der Waals surface area contributed by atoms with E-state index in [2.05, 4.69) is 4.98 Å². The van der Waals surface area contributed by atoms with Gasteiger partial charge in [-0.05, 0) is 23.6 Å². The number of para-hydroxylation sites is 1. The van der Waals surface area contributed by atoms with Crippen LogP contribution in [-0.2, 0) is 0 Å². The first-order valence-corrected chi connectivity index (χ1v) is 8.86. The molecule has 1 aromatic heterocycles. The van der Waals surface area contributed by atoms with Crippen LogP contribution in [0.4, 0.5) is 5.69 Å². The Kier molecular flexibility index (Phi) is 3.48. The van der Waals surface area contributed by atoms with E-state index in [-0.39, 0.29) is 34.0 Å². The molecule has 0 saturated heterocycles. The molecule has 0 radical (unpaired) electrons. The van der Waals surface area contributed by atoms with Crippen LogP contribution in [-0.4, -0.2) is 26.6 Å². The fraction of sp³-hybridized carbons (Fsp3) is 0.0455. The average molecular weight is 385 g/mol. The van der Waals surface area contributed by atoms with Gasteiger partial charge in [-0.15, -0.1) is 0 Å². The summed E-state index contributed by atoms with van der Waals surface area (Å²) in [5.74, 6) is -1.71. The molecule has 0 aliphatic heterocycles. The maximum Gasteiger partial charge on any atom is 0.280 e. The maximum absolute atomic E-state index is 13.1. The van der Waals surface area contributed by atoms with Crippen molar-refractivity contribution < 1.29 is 19.6 Å². The van der Waals surface area contributed by atoms with E-state index in [0.29, 0.717) is 16.3 Å². The van der Waals surface area contributed by atoms with E-state index in [9.17, 15) is 19.7 Å². The number of nitrogens with zero attached hydrogens (tertiary/aromatic N) is 2. The SMILES string of the molecule is O=C1c2cc3cccc([N+](=O)[O-])c3cc2C(=O)C1c1ccc2cccc([OH2+])c2n1. The van der Waals surface area contributed by atoms with Crippen LogP contribution >= 0.6 is 0 Å². The zero-order chi connectivity index (χ0) is 20.3. The van der Waals surface area contributed by atoms with Crippen molar-refractivity contribution in [3.63, 3.8) is 0 Å². The molecule has 7 nitrogen and oxygen atoms in total. The first-order valence-electron chi connectivity index (χ1n) is 8.86. The van der Waals surface area contributed by atoms with Crippen LogP contribution in [0.1, 0.15) is 32.3 Å². The van der Waals surface area contributed by atoms with Crippen molar-refractivity contribution in [3.05, 3.63) is 87.6 Å². The van der Waals surface area contributed by atoms with Gasteiger partial charge in [-0.1, -0.05) is 30.3 Å². The van der Waals surface area contributed by atoms with Gasteiger partial charge in [0.25, 0.3) is 11.4 Å². The number of carbonyl (C=O) groups is 2. The van der Waals surface area contributed by atoms with Gasteiger partial charge in [-0.2, -0.15) is 0 Å². The molecule has 1 atom stereocenters. The third kappa shape index (κ3) is 2.41. The number of carbonyl (C=O) groups excluding carboxylic acids is 2. The quantitative estimate of drug-likeness (QED) is 0.225. The number of hydrogen-bond donors (Lipinski definition) is 0. The highest BCUT2D eigenvalue weighted by Crippen LogP contribution is 2.38. The summed E-state index contributed by atoms with van der Waals surface area (Å²) >= 11 is 0. The van der Waals surface area contributed by atoms with Gasteiger partial charge < -0.3 is 5.11 Å². The molecule has 1 aliphatic carbocycles. The average Bonchev–Trinajstić information content (AvgIpc) is 2.96. The minimum Gasteiger partial charge on any atom is -0.592 e. The molecule has 29 heavy (non-hydrogen) atoms. The number of Topliss-reactive ketones (excluding diaryl/α,β-unsaturated/α-hetero) is 2. The van der Waals surface area contributed by atoms with Crippen molar-refractivity contribution >= 4 is 38.9 Å². The summed E-state index contributed by atoms with van der Waals surface area (Å²) in [5, 5.41) is 20.9. The minimum atomic E-state index is -1.11. The molecule has 0 spiro atoms. The predicted octanol–water partition coefficient (Wildman–Crippen LogP) is 3.90. The molecule has 0 saturated carbocycles. The van der Waals surface area contributed by atoms with Crippen molar-refractivity contribution in [1.29, 1.82) is 0 Å². The topological polar surface area (TPSA) is 113 Å². The monoisotopic (exact) mass is 385 g/mol. The lowest BCUT2D eigenvalue weighted by Crippen LogP contribution is -2.14. The van der Waals surface area contributed by atoms with Crippen LogP contribution < -0.4 is 0 Å². The summed E-state index contributed by atoms with van der Waals surface area (Å²) in [6.45, 7) is 0.